The lowest BCUT2D eigenvalue weighted by Gasteiger charge is -2.29. The first kappa shape index (κ1) is 26.0. The number of hydrogen-bond donors (Lipinski definition) is 0. The second-order valence-electron chi connectivity index (χ2n) is 5.89. The molecule has 0 aliphatic heterocycles. The minimum atomic E-state index is -3.93. The van der Waals surface area contributed by atoms with E-state index < -0.39 is 26.7 Å². The third-order valence-corrected chi connectivity index (χ3v) is 4.74. The molecule has 0 amide bonds. The van der Waals surface area contributed by atoms with Crippen LogP contribution in [0, 0.1) is 0 Å². The van der Waals surface area contributed by atoms with Crippen molar-refractivity contribution in [2.24, 2.45) is 0 Å². The zero-order valence-corrected chi connectivity index (χ0v) is 18.3. The van der Waals surface area contributed by atoms with Crippen LogP contribution in [-0.2, 0) is 32.3 Å². The standard InChI is InChI=1S/C18H39O7P/c1-7-13-20-16(10-4)23-26(19,24-17(11-5)21-14-8-2)25-18(12-6)22-15-9-3/h16-18H,7-15H2,1-6H3. The normalized spacial score (nSPS) is 17.6. The molecule has 0 saturated heterocycles. The summed E-state index contributed by atoms with van der Waals surface area (Å²) in [5, 5.41) is 0. The molecule has 3 unspecified atom stereocenters. The second-order valence-corrected chi connectivity index (χ2v) is 7.42. The summed E-state index contributed by atoms with van der Waals surface area (Å²) in [5.41, 5.74) is 0. The number of hydrogen-bond acceptors (Lipinski definition) is 7. The van der Waals surface area contributed by atoms with Gasteiger partial charge >= 0.3 is 7.82 Å². The van der Waals surface area contributed by atoms with Crippen LogP contribution in [0.5, 0.6) is 0 Å². The monoisotopic (exact) mass is 398 g/mol. The maximum atomic E-state index is 13.3. The van der Waals surface area contributed by atoms with Crippen molar-refractivity contribution in [3.8, 4) is 0 Å². The predicted octanol–water partition coefficient (Wildman–Crippen LogP) is 5.63. The molecule has 0 saturated carbocycles. The van der Waals surface area contributed by atoms with Crippen molar-refractivity contribution in [3.05, 3.63) is 0 Å². The quantitative estimate of drug-likeness (QED) is 0.219. The van der Waals surface area contributed by atoms with Crippen molar-refractivity contribution in [3.63, 3.8) is 0 Å². The average Bonchev–Trinajstić information content (AvgIpc) is 2.65. The predicted molar refractivity (Wildman–Crippen MR) is 102 cm³/mol. The van der Waals surface area contributed by atoms with E-state index in [4.69, 9.17) is 27.8 Å². The summed E-state index contributed by atoms with van der Waals surface area (Å²) in [6, 6.07) is 0. The summed E-state index contributed by atoms with van der Waals surface area (Å²) >= 11 is 0. The van der Waals surface area contributed by atoms with Crippen LogP contribution < -0.4 is 0 Å². The molecule has 0 aliphatic carbocycles. The molecule has 0 bridgehead atoms. The van der Waals surface area contributed by atoms with Crippen LogP contribution in [0.25, 0.3) is 0 Å². The molecule has 0 aromatic heterocycles. The van der Waals surface area contributed by atoms with Gasteiger partial charge in [0, 0.05) is 19.8 Å². The Bertz CT molecular complexity index is 315. The van der Waals surface area contributed by atoms with Crippen LogP contribution >= 0.6 is 7.82 Å². The Balaban J connectivity index is 5.16. The van der Waals surface area contributed by atoms with Crippen molar-refractivity contribution >= 4 is 7.82 Å². The molecule has 0 rings (SSSR count). The Morgan fingerprint density at radius 2 is 0.846 bits per heavy atom. The zero-order valence-electron chi connectivity index (χ0n) is 17.4. The van der Waals surface area contributed by atoms with Crippen molar-refractivity contribution in [2.45, 2.75) is 98.9 Å². The SMILES string of the molecule is CCCOC(CC)OP(=O)(OC(CC)OCCC)OC(CC)OCCC. The molecule has 3 atom stereocenters. The molecule has 7 nitrogen and oxygen atoms in total. The van der Waals surface area contributed by atoms with Crippen molar-refractivity contribution in [2.75, 3.05) is 19.8 Å². The molecule has 0 aromatic carbocycles. The fraction of sp³-hybridized carbons (Fsp3) is 1.00. The minimum absolute atomic E-state index is 0.506. The van der Waals surface area contributed by atoms with Gasteiger partial charge in [-0.3, -0.25) is 13.6 Å². The zero-order chi connectivity index (χ0) is 19.8. The van der Waals surface area contributed by atoms with Gasteiger partial charge in [0.15, 0.2) is 18.9 Å². The highest BCUT2D eigenvalue weighted by Crippen LogP contribution is 2.54. The van der Waals surface area contributed by atoms with Crippen molar-refractivity contribution < 1.29 is 32.3 Å². The Labute approximate surface area is 159 Å². The Morgan fingerprint density at radius 1 is 0.577 bits per heavy atom. The third-order valence-electron chi connectivity index (χ3n) is 3.26. The van der Waals surface area contributed by atoms with Gasteiger partial charge < -0.3 is 14.2 Å². The molecular formula is C18H39O7P. The molecule has 8 heteroatoms. The van der Waals surface area contributed by atoms with Crippen LogP contribution in [0.2, 0.25) is 0 Å². The van der Waals surface area contributed by atoms with Gasteiger partial charge in [-0.1, -0.05) is 41.5 Å². The summed E-state index contributed by atoms with van der Waals surface area (Å²) < 4.78 is 47.0. The lowest BCUT2D eigenvalue weighted by atomic mass is 10.5. The third kappa shape index (κ3) is 11.7. The van der Waals surface area contributed by atoms with E-state index in [1.165, 1.54) is 0 Å². The summed E-state index contributed by atoms with van der Waals surface area (Å²) in [5.74, 6) is 0. The van der Waals surface area contributed by atoms with Gasteiger partial charge in [-0.15, -0.1) is 0 Å². The lowest BCUT2D eigenvalue weighted by molar-refractivity contribution is -0.161. The van der Waals surface area contributed by atoms with E-state index in [-0.39, 0.29) is 0 Å². The van der Waals surface area contributed by atoms with Crippen LogP contribution in [0.1, 0.15) is 80.1 Å². The first-order chi connectivity index (χ1) is 12.5. The summed E-state index contributed by atoms with van der Waals surface area (Å²) in [7, 11) is -3.93. The molecule has 0 N–H and O–H groups in total. The van der Waals surface area contributed by atoms with Gasteiger partial charge in [-0.25, -0.2) is 4.57 Å². The number of rotatable bonds is 18. The van der Waals surface area contributed by atoms with Crippen LogP contribution in [0.3, 0.4) is 0 Å². The van der Waals surface area contributed by atoms with E-state index in [0.717, 1.165) is 19.3 Å². The van der Waals surface area contributed by atoms with E-state index in [0.29, 0.717) is 39.1 Å². The maximum absolute atomic E-state index is 13.3. The largest absolute Gasteiger partial charge is 0.481 e. The molecule has 0 aliphatic rings. The number of phosphoric ester groups is 1. The van der Waals surface area contributed by atoms with Crippen molar-refractivity contribution in [1.29, 1.82) is 0 Å². The average molecular weight is 398 g/mol. The topological polar surface area (TPSA) is 72.5 Å². The van der Waals surface area contributed by atoms with Gasteiger partial charge in [0.05, 0.1) is 0 Å². The van der Waals surface area contributed by atoms with Gasteiger partial charge in [0.1, 0.15) is 0 Å². The molecule has 0 aromatic rings. The van der Waals surface area contributed by atoms with Gasteiger partial charge in [0.2, 0.25) is 0 Å². The Hall–Kier alpha value is -0.0100. The molecule has 158 valence electrons. The number of ether oxygens (including phenoxy) is 3. The van der Waals surface area contributed by atoms with Crippen LogP contribution in [0.15, 0.2) is 0 Å². The molecular weight excluding hydrogens is 359 g/mol. The smallest absolute Gasteiger partial charge is 0.352 e. The highest BCUT2D eigenvalue weighted by molar-refractivity contribution is 7.48. The fourth-order valence-corrected chi connectivity index (χ4v) is 3.57. The van der Waals surface area contributed by atoms with Crippen molar-refractivity contribution in [1.82, 2.24) is 0 Å². The van der Waals surface area contributed by atoms with E-state index in [9.17, 15) is 4.57 Å². The number of phosphoric acid groups is 1. The minimum Gasteiger partial charge on any atom is -0.352 e. The van der Waals surface area contributed by atoms with E-state index in [2.05, 4.69) is 0 Å². The fourth-order valence-electron chi connectivity index (χ4n) is 1.92. The van der Waals surface area contributed by atoms with Gasteiger partial charge in [-0.05, 0) is 38.5 Å². The maximum Gasteiger partial charge on any atom is 0.481 e. The summed E-state index contributed by atoms with van der Waals surface area (Å²) in [6.45, 7) is 13.2. The lowest BCUT2D eigenvalue weighted by Crippen LogP contribution is -2.25. The first-order valence-electron chi connectivity index (χ1n) is 9.98. The summed E-state index contributed by atoms with van der Waals surface area (Å²) in [6.07, 6.45) is 2.05. The second kappa shape index (κ2) is 16.0. The van der Waals surface area contributed by atoms with Gasteiger partial charge in [0.25, 0.3) is 0 Å². The van der Waals surface area contributed by atoms with Crippen LogP contribution in [0.4, 0.5) is 0 Å². The molecule has 0 radical (unpaired) electrons. The molecule has 0 spiro atoms. The highest BCUT2D eigenvalue weighted by Gasteiger charge is 2.37. The molecule has 0 heterocycles. The van der Waals surface area contributed by atoms with E-state index in [1.807, 2.05) is 41.5 Å². The molecule has 0 fully saturated rings. The van der Waals surface area contributed by atoms with E-state index in [1.54, 1.807) is 0 Å². The highest BCUT2D eigenvalue weighted by atomic mass is 31.2. The van der Waals surface area contributed by atoms with E-state index >= 15 is 0 Å². The van der Waals surface area contributed by atoms with Gasteiger partial charge in [-0.2, -0.15) is 0 Å². The Kier molecular flexibility index (Phi) is 16.0. The Morgan fingerprint density at radius 3 is 1.04 bits per heavy atom. The summed E-state index contributed by atoms with van der Waals surface area (Å²) in [4.78, 5) is 0. The van der Waals surface area contributed by atoms with Crippen LogP contribution in [-0.4, -0.2) is 38.7 Å². The first-order valence-corrected chi connectivity index (χ1v) is 11.4. The molecule has 26 heavy (non-hydrogen) atoms.